The van der Waals surface area contributed by atoms with E-state index in [1.165, 1.54) is 30.0 Å². The largest absolute Gasteiger partial charge is 0.339 e. The molecule has 2 fully saturated rings. The minimum Gasteiger partial charge on any atom is -0.339 e. The predicted octanol–water partition coefficient (Wildman–Crippen LogP) is 3.77. The van der Waals surface area contributed by atoms with Crippen molar-refractivity contribution in [3.63, 3.8) is 0 Å². The molecule has 1 aliphatic carbocycles. The van der Waals surface area contributed by atoms with Gasteiger partial charge in [-0.05, 0) is 48.4 Å². The van der Waals surface area contributed by atoms with Crippen LogP contribution in [-0.2, 0) is 14.8 Å². The Labute approximate surface area is 169 Å². The molecule has 0 spiro atoms. The van der Waals surface area contributed by atoms with E-state index in [0.717, 1.165) is 31.0 Å². The number of nitrogens with zero attached hydrogens (tertiary/aromatic N) is 2. The molecule has 1 aliphatic heterocycles. The highest BCUT2D eigenvalue weighted by atomic mass is 32.2. The zero-order chi connectivity index (χ0) is 20.1. The van der Waals surface area contributed by atoms with Crippen molar-refractivity contribution in [2.24, 2.45) is 11.8 Å². The summed E-state index contributed by atoms with van der Waals surface area (Å²) in [5.74, 6) is 1.54. The number of carbonyl (C=O) groups is 1. The fraction of sp³-hybridized carbons (Fsp3) is 0.591. The Bertz CT molecular complexity index is 798. The highest BCUT2D eigenvalue weighted by Gasteiger charge is 2.32. The van der Waals surface area contributed by atoms with Crippen molar-refractivity contribution in [3.8, 4) is 0 Å². The van der Waals surface area contributed by atoms with E-state index in [1.807, 2.05) is 18.7 Å². The van der Waals surface area contributed by atoms with Crippen molar-refractivity contribution in [2.75, 3.05) is 26.2 Å². The molecule has 1 heterocycles. The summed E-state index contributed by atoms with van der Waals surface area (Å²) in [6.45, 7) is 6.30. The van der Waals surface area contributed by atoms with E-state index in [0.29, 0.717) is 23.9 Å². The molecule has 0 aromatic heterocycles. The summed E-state index contributed by atoms with van der Waals surface area (Å²) in [5.41, 5.74) is 0.833. The average molecular weight is 405 g/mol. The van der Waals surface area contributed by atoms with Crippen molar-refractivity contribution >= 4 is 22.0 Å². The van der Waals surface area contributed by atoms with Gasteiger partial charge in [-0.1, -0.05) is 45.2 Å². The lowest BCUT2D eigenvalue weighted by Gasteiger charge is -2.41. The van der Waals surface area contributed by atoms with Gasteiger partial charge < -0.3 is 4.90 Å². The van der Waals surface area contributed by atoms with E-state index >= 15 is 0 Å². The van der Waals surface area contributed by atoms with Crippen LogP contribution in [0.15, 0.2) is 35.2 Å². The molecule has 1 amide bonds. The van der Waals surface area contributed by atoms with Gasteiger partial charge in [0.25, 0.3) is 0 Å². The molecule has 1 saturated heterocycles. The molecule has 1 saturated carbocycles. The van der Waals surface area contributed by atoms with E-state index in [4.69, 9.17) is 0 Å². The number of sulfonamides is 1. The standard InChI is InChI=1S/C22H32N2O3S/c1-3-24(4-2)28(26,27)21-12-9-18(10-13-21)11-14-22(25)23-16-15-19-7-5-6-8-20(19)17-23/h9-14,19-20H,3-8,15-17H2,1-2H3/b14-11+/t19-,20+/m0/s1. The van der Waals surface area contributed by atoms with Gasteiger partial charge in [0.1, 0.15) is 0 Å². The quantitative estimate of drug-likeness (QED) is 0.678. The third-order valence-electron chi connectivity index (χ3n) is 6.24. The predicted molar refractivity (Wildman–Crippen MR) is 112 cm³/mol. The van der Waals surface area contributed by atoms with Gasteiger partial charge in [0.05, 0.1) is 4.90 Å². The Kier molecular flexibility index (Phi) is 6.94. The molecular weight excluding hydrogens is 372 g/mol. The molecular formula is C22H32N2O3S. The minimum absolute atomic E-state index is 0.0591. The molecule has 5 nitrogen and oxygen atoms in total. The van der Waals surface area contributed by atoms with Gasteiger partial charge in [0, 0.05) is 32.3 Å². The number of likely N-dealkylation sites (tertiary alicyclic amines) is 1. The Morgan fingerprint density at radius 3 is 2.36 bits per heavy atom. The van der Waals surface area contributed by atoms with E-state index in [2.05, 4.69) is 0 Å². The first kappa shape index (κ1) is 21.1. The third kappa shape index (κ3) is 4.66. The highest BCUT2D eigenvalue weighted by molar-refractivity contribution is 7.89. The molecule has 2 aliphatic rings. The van der Waals surface area contributed by atoms with Crippen LogP contribution in [0.5, 0.6) is 0 Å². The fourth-order valence-electron chi connectivity index (χ4n) is 4.54. The summed E-state index contributed by atoms with van der Waals surface area (Å²) in [6.07, 6.45) is 9.74. The smallest absolute Gasteiger partial charge is 0.246 e. The van der Waals surface area contributed by atoms with Gasteiger partial charge in [0.15, 0.2) is 0 Å². The molecule has 1 aromatic rings. The Hall–Kier alpha value is -1.66. The fourth-order valence-corrected chi connectivity index (χ4v) is 6.00. The zero-order valence-electron chi connectivity index (χ0n) is 17.0. The van der Waals surface area contributed by atoms with Gasteiger partial charge in [-0.2, -0.15) is 4.31 Å². The van der Waals surface area contributed by atoms with Crippen LogP contribution in [0.3, 0.4) is 0 Å². The normalized spacial score (nSPS) is 23.2. The maximum absolute atomic E-state index is 12.6. The second-order valence-electron chi connectivity index (χ2n) is 7.87. The Morgan fingerprint density at radius 1 is 1.07 bits per heavy atom. The molecule has 0 radical (unpaired) electrons. The van der Waals surface area contributed by atoms with Crippen molar-refractivity contribution in [3.05, 3.63) is 35.9 Å². The molecule has 0 N–H and O–H groups in total. The highest BCUT2D eigenvalue weighted by Crippen LogP contribution is 2.36. The number of hydrogen-bond donors (Lipinski definition) is 0. The van der Waals surface area contributed by atoms with Crippen molar-refractivity contribution in [1.29, 1.82) is 0 Å². The molecule has 6 heteroatoms. The first-order valence-electron chi connectivity index (χ1n) is 10.5. The van der Waals surface area contributed by atoms with Crippen LogP contribution in [0.25, 0.3) is 6.08 Å². The molecule has 154 valence electrons. The molecule has 28 heavy (non-hydrogen) atoms. The maximum atomic E-state index is 12.6. The van der Waals surface area contributed by atoms with Crippen molar-refractivity contribution in [2.45, 2.75) is 50.8 Å². The number of fused-ring (bicyclic) bond motifs is 1. The maximum Gasteiger partial charge on any atom is 0.246 e. The van der Waals surface area contributed by atoms with Gasteiger partial charge >= 0.3 is 0 Å². The lowest BCUT2D eigenvalue weighted by atomic mass is 9.75. The first-order valence-corrected chi connectivity index (χ1v) is 12.0. The number of carbonyl (C=O) groups excluding carboxylic acids is 1. The summed E-state index contributed by atoms with van der Waals surface area (Å²) in [4.78, 5) is 14.8. The molecule has 0 unspecified atom stereocenters. The summed E-state index contributed by atoms with van der Waals surface area (Å²) in [5, 5.41) is 0. The summed E-state index contributed by atoms with van der Waals surface area (Å²) < 4.78 is 26.5. The van der Waals surface area contributed by atoms with Crippen LogP contribution in [-0.4, -0.2) is 49.7 Å². The van der Waals surface area contributed by atoms with Gasteiger partial charge in [-0.3, -0.25) is 4.79 Å². The van der Waals surface area contributed by atoms with Crippen LogP contribution >= 0.6 is 0 Å². The summed E-state index contributed by atoms with van der Waals surface area (Å²) in [6, 6.07) is 6.75. The van der Waals surface area contributed by atoms with Crippen molar-refractivity contribution in [1.82, 2.24) is 9.21 Å². The number of amides is 1. The van der Waals surface area contributed by atoms with E-state index in [1.54, 1.807) is 36.4 Å². The second-order valence-corrected chi connectivity index (χ2v) is 9.81. The minimum atomic E-state index is -3.44. The lowest BCUT2D eigenvalue weighted by molar-refractivity contribution is -0.128. The Balaban J connectivity index is 1.62. The molecule has 0 bridgehead atoms. The summed E-state index contributed by atoms with van der Waals surface area (Å²) >= 11 is 0. The van der Waals surface area contributed by atoms with Crippen molar-refractivity contribution < 1.29 is 13.2 Å². The number of hydrogen-bond acceptors (Lipinski definition) is 3. The number of benzene rings is 1. The van der Waals surface area contributed by atoms with Crippen LogP contribution in [0.1, 0.15) is 51.5 Å². The van der Waals surface area contributed by atoms with Gasteiger partial charge in [0.2, 0.25) is 15.9 Å². The van der Waals surface area contributed by atoms with Crippen LogP contribution in [0, 0.1) is 11.8 Å². The van der Waals surface area contributed by atoms with E-state index < -0.39 is 10.0 Å². The van der Waals surface area contributed by atoms with Crippen LogP contribution in [0.4, 0.5) is 0 Å². The topological polar surface area (TPSA) is 57.7 Å². The van der Waals surface area contributed by atoms with Crippen LogP contribution < -0.4 is 0 Å². The lowest BCUT2D eigenvalue weighted by Crippen LogP contribution is -2.44. The Morgan fingerprint density at radius 2 is 1.71 bits per heavy atom. The van der Waals surface area contributed by atoms with Gasteiger partial charge in [-0.15, -0.1) is 0 Å². The number of rotatable bonds is 6. The summed E-state index contributed by atoms with van der Waals surface area (Å²) in [7, 11) is -3.44. The monoisotopic (exact) mass is 404 g/mol. The number of piperidine rings is 1. The molecule has 3 rings (SSSR count). The van der Waals surface area contributed by atoms with E-state index in [9.17, 15) is 13.2 Å². The molecule has 1 aromatic carbocycles. The third-order valence-corrected chi connectivity index (χ3v) is 8.31. The SMILES string of the molecule is CCN(CC)S(=O)(=O)c1ccc(/C=C/C(=O)N2CC[C@@H]3CCCC[C@@H]3C2)cc1. The second kappa shape index (κ2) is 9.23. The molecule has 2 atom stereocenters. The zero-order valence-corrected chi connectivity index (χ0v) is 17.8. The van der Waals surface area contributed by atoms with E-state index in [-0.39, 0.29) is 5.91 Å². The average Bonchev–Trinajstić information content (AvgIpc) is 2.72. The first-order chi connectivity index (χ1) is 13.5. The van der Waals surface area contributed by atoms with Crippen LogP contribution in [0.2, 0.25) is 0 Å². The van der Waals surface area contributed by atoms with Gasteiger partial charge in [-0.25, -0.2) is 8.42 Å².